The van der Waals surface area contributed by atoms with E-state index in [9.17, 15) is 13.2 Å². The first-order valence-corrected chi connectivity index (χ1v) is 6.18. The second kappa shape index (κ2) is 5.54. The van der Waals surface area contributed by atoms with Gasteiger partial charge in [-0.05, 0) is 25.7 Å². The molecule has 6 heteroatoms. The number of ether oxygens (including phenoxy) is 1. The van der Waals surface area contributed by atoms with Crippen molar-refractivity contribution in [2.24, 2.45) is 0 Å². The summed E-state index contributed by atoms with van der Waals surface area (Å²) in [6.07, 6.45) is -1.01. The van der Waals surface area contributed by atoms with Crippen molar-refractivity contribution in [3.05, 3.63) is 0 Å². The molecule has 100 valence electrons. The molecule has 1 saturated carbocycles. The topological polar surface area (TPSA) is 33.3 Å². The summed E-state index contributed by atoms with van der Waals surface area (Å²) < 4.78 is 41.0. The molecule has 1 aliphatic carbocycles. The highest BCUT2D eigenvalue weighted by atomic mass is 19.4. The molecule has 17 heavy (non-hydrogen) atoms. The summed E-state index contributed by atoms with van der Waals surface area (Å²) in [4.78, 5) is 0. The van der Waals surface area contributed by atoms with Crippen molar-refractivity contribution in [3.63, 3.8) is 0 Å². The molecule has 2 fully saturated rings. The van der Waals surface area contributed by atoms with E-state index in [1.807, 2.05) is 0 Å². The Kier molecular flexibility index (Phi) is 4.27. The summed E-state index contributed by atoms with van der Waals surface area (Å²) >= 11 is 0. The van der Waals surface area contributed by atoms with Gasteiger partial charge in [-0.3, -0.25) is 0 Å². The number of nitrogens with one attached hydrogen (secondary N) is 2. The molecule has 2 atom stereocenters. The lowest BCUT2D eigenvalue weighted by Gasteiger charge is -2.36. The Labute approximate surface area is 99.1 Å². The molecule has 0 aromatic carbocycles. The van der Waals surface area contributed by atoms with Crippen LogP contribution in [0.4, 0.5) is 13.2 Å². The summed E-state index contributed by atoms with van der Waals surface area (Å²) in [6, 6.07) is 0.801. The third kappa shape index (κ3) is 4.44. The van der Waals surface area contributed by atoms with Crippen molar-refractivity contribution in [1.82, 2.24) is 10.6 Å². The number of alkyl halides is 3. The van der Waals surface area contributed by atoms with E-state index in [4.69, 9.17) is 4.74 Å². The van der Waals surface area contributed by atoms with Gasteiger partial charge in [0, 0.05) is 25.2 Å². The third-order valence-corrected chi connectivity index (χ3v) is 3.36. The Morgan fingerprint density at radius 2 is 1.94 bits per heavy atom. The number of rotatable bonds is 4. The predicted octanol–water partition coefficient (Wildman–Crippen LogP) is 1.44. The fraction of sp³-hybridized carbons (Fsp3) is 1.00. The predicted molar refractivity (Wildman–Crippen MR) is 57.8 cm³/mol. The van der Waals surface area contributed by atoms with Crippen LogP contribution >= 0.6 is 0 Å². The lowest BCUT2D eigenvalue weighted by molar-refractivity contribution is -0.188. The molecule has 0 aromatic heterocycles. The summed E-state index contributed by atoms with van der Waals surface area (Å²) in [5.41, 5.74) is 0. The number of halogens is 3. The summed E-state index contributed by atoms with van der Waals surface area (Å²) in [7, 11) is 0. The lowest BCUT2D eigenvalue weighted by Crippen LogP contribution is -2.58. The second-order valence-corrected chi connectivity index (χ2v) is 4.93. The molecule has 2 rings (SSSR count). The van der Waals surface area contributed by atoms with Gasteiger partial charge in [0.1, 0.15) is 6.61 Å². The monoisotopic (exact) mass is 252 g/mol. The molecule has 0 radical (unpaired) electrons. The molecular formula is C11H19F3N2O. The van der Waals surface area contributed by atoms with Gasteiger partial charge < -0.3 is 15.4 Å². The third-order valence-electron chi connectivity index (χ3n) is 3.36. The quantitative estimate of drug-likeness (QED) is 0.794. The molecule has 0 aromatic rings. The van der Waals surface area contributed by atoms with Gasteiger partial charge >= 0.3 is 6.18 Å². The maximum atomic E-state index is 12.0. The van der Waals surface area contributed by atoms with Crippen LogP contribution in [0.5, 0.6) is 0 Å². The molecule has 0 amide bonds. The average Bonchev–Trinajstić information content (AvgIpc) is 2.20. The molecule has 3 nitrogen and oxygen atoms in total. The van der Waals surface area contributed by atoms with Crippen molar-refractivity contribution >= 4 is 0 Å². The van der Waals surface area contributed by atoms with Gasteiger partial charge in [-0.25, -0.2) is 0 Å². The van der Waals surface area contributed by atoms with Crippen LogP contribution in [-0.2, 0) is 4.74 Å². The molecule has 1 saturated heterocycles. The minimum atomic E-state index is -4.21. The van der Waals surface area contributed by atoms with Crippen LogP contribution < -0.4 is 10.6 Å². The SMILES string of the molecule is FC(F)(F)COC1CCCC(NC2CNC2)C1. The van der Waals surface area contributed by atoms with Gasteiger partial charge in [-0.1, -0.05) is 0 Å². The maximum absolute atomic E-state index is 12.0. The molecule has 1 heterocycles. The maximum Gasteiger partial charge on any atom is 0.411 e. The van der Waals surface area contributed by atoms with Crippen molar-refractivity contribution < 1.29 is 17.9 Å². The summed E-state index contributed by atoms with van der Waals surface area (Å²) in [6.45, 7) is 0.810. The first-order valence-electron chi connectivity index (χ1n) is 6.18. The molecular weight excluding hydrogens is 233 g/mol. The van der Waals surface area contributed by atoms with E-state index in [1.54, 1.807) is 0 Å². The van der Waals surface area contributed by atoms with Crippen molar-refractivity contribution in [2.75, 3.05) is 19.7 Å². The van der Waals surface area contributed by atoms with Crippen LogP contribution in [0, 0.1) is 0 Å². The molecule has 1 aliphatic heterocycles. The van der Waals surface area contributed by atoms with Crippen LogP contribution in [0.2, 0.25) is 0 Å². The highest BCUT2D eigenvalue weighted by Crippen LogP contribution is 2.24. The number of hydrogen-bond donors (Lipinski definition) is 2. The van der Waals surface area contributed by atoms with Crippen LogP contribution in [0.3, 0.4) is 0 Å². The number of hydrogen-bond acceptors (Lipinski definition) is 3. The molecule has 0 spiro atoms. The zero-order valence-electron chi connectivity index (χ0n) is 9.72. The van der Waals surface area contributed by atoms with Gasteiger partial charge in [0.2, 0.25) is 0 Å². The van der Waals surface area contributed by atoms with E-state index in [0.717, 1.165) is 32.4 Å². The molecule has 0 bridgehead atoms. The molecule has 2 unspecified atom stereocenters. The average molecular weight is 252 g/mol. The van der Waals surface area contributed by atoms with Gasteiger partial charge in [0.25, 0.3) is 0 Å². The van der Waals surface area contributed by atoms with E-state index in [1.165, 1.54) is 0 Å². The van der Waals surface area contributed by atoms with E-state index >= 15 is 0 Å². The van der Waals surface area contributed by atoms with Crippen molar-refractivity contribution in [2.45, 2.75) is 50.0 Å². The first-order chi connectivity index (χ1) is 8.03. The Hall–Kier alpha value is -0.330. The van der Waals surface area contributed by atoms with E-state index in [0.29, 0.717) is 18.5 Å². The van der Waals surface area contributed by atoms with Gasteiger partial charge in [-0.2, -0.15) is 13.2 Å². The van der Waals surface area contributed by atoms with E-state index in [2.05, 4.69) is 10.6 Å². The Balaban J connectivity index is 1.68. The van der Waals surface area contributed by atoms with Crippen LogP contribution in [0.25, 0.3) is 0 Å². The van der Waals surface area contributed by atoms with Crippen molar-refractivity contribution in [1.29, 1.82) is 0 Å². The second-order valence-electron chi connectivity index (χ2n) is 4.93. The van der Waals surface area contributed by atoms with Crippen molar-refractivity contribution in [3.8, 4) is 0 Å². The standard InChI is InChI=1S/C11H19F3N2O/c12-11(13,14)7-17-10-3-1-2-8(4-10)16-9-5-15-6-9/h8-10,15-16H,1-7H2. The summed E-state index contributed by atoms with van der Waals surface area (Å²) in [5.74, 6) is 0. The van der Waals surface area contributed by atoms with Crippen LogP contribution in [-0.4, -0.2) is 44.1 Å². The molecule has 2 N–H and O–H groups in total. The first kappa shape index (κ1) is 13.1. The Morgan fingerprint density at radius 3 is 2.53 bits per heavy atom. The van der Waals surface area contributed by atoms with Gasteiger partial charge in [0.15, 0.2) is 0 Å². The highest BCUT2D eigenvalue weighted by Gasteiger charge is 2.32. The molecule has 2 aliphatic rings. The smallest absolute Gasteiger partial charge is 0.369 e. The zero-order chi connectivity index (χ0) is 12.3. The summed E-state index contributed by atoms with van der Waals surface area (Å²) in [5, 5.41) is 6.62. The van der Waals surface area contributed by atoms with Crippen LogP contribution in [0.1, 0.15) is 25.7 Å². The Bertz CT molecular complexity index is 243. The normalized spacial score (nSPS) is 31.2. The van der Waals surface area contributed by atoms with E-state index < -0.39 is 12.8 Å². The minimum absolute atomic E-state index is 0.240. The fourth-order valence-corrected chi connectivity index (χ4v) is 2.40. The lowest BCUT2D eigenvalue weighted by atomic mass is 9.92. The van der Waals surface area contributed by atoms with Crippen LogP contribution in [0.15, 0.2) is 0 Å². The minimum Gasteiger partial charge on any atom is -0.369 e. The zero-order valence-corrected chi connectivity index (χ0v) is 9.72. The fourth-order valence-electron chi connectivity index (χ4n) is 2.40. The Morgan fingerprint density at radius 1 is 1.18 bits per heavy atom. The van der Waals surface area contributed by atoms with E-state index in [-0.39, 0.29) is 6.10 Å². The highest BCUT2D eigenvalue weighted by molar-refractivity contribution is 4.87. The van der Waals surface area contributed by atoms with Gasteiger partial charge in [0.05, 0.1) is 6.10 Å². The van der Waals surface area contributed by atoms with Gasteiger partial charge in [-0.15, -0.1) is 0 Å². The largest absolute Gasteiger partial charge is 0.411 e.